The molecular weight excluding hydrogens is 496 g/mol. The van der Waals surface area contributed by atoms with E-state index in [4.69, 9.17) is 40.1 Å². The van der Waals surface area contributed by atoms with E-state index in [0.717, 1.165) is 9.96 Å². The molecule has 0 bridgehead atoms. The largest absolute Gasteiger partial charge is 0.528 e. The molecule has 3 aliphatic rings. The van der Waals surface area contributed by atoms with Crippen LogP contribution in [0, 0.1) is 0 Å². The maximum Gasteiger partial charge on any atom is 0.528 e. The molecule has 2 N–H and O–H groups in total. The number of hydrogen-bond donors (Lipinski definition) is 2. The molecule has 1 unspecified atom stereocenters. The molecule has 0 aromatic carbocycles. The first-order valence-corrected chi connectivity index (χ1v) is 10.5. The zero-order chi connectivity index (χ0) is 25.5. The number of carbonyl (C=O) groups excluding carboxylic acids is 5. The Morgan fingerprint density at radius 1 is 1.09 bits per heavy atom. The molecule has 2 saturated heterocycles. The van der Waals surface area contributed by atoms with Gasteiger partial charge in [-0.1, -0.05) is 30.4 Å². The minimum Gasteiger partial charge on any atom is -0.444 e. The maximum atomic E-state index is 12.9. The van der Waals surface area contributed by atoms with E-state index in [0.29, 0.717) is 0 Å². The lowest BCUT2D eigenvalue weighted by Gasteiger charge is -2.50. The molecule has 0 aromatic rings. The third-order valence-corrected chi connectivity index (χ3v) is 4.99. The van der Waals surface area contributed by atoms with Gasteiger partial charge >= 0.3 is 18.4 Å². The summed E-state index contributed by atoms with van der Waals surface area (Å²) in [5.41, 5.74) is 4.09. The normalized spacial score (nSPS) is 22.3. The summed E-state index contributed by atoms with van der Waals surface area (Å²) in [6.07, 6.45) is -1.52. The molecule has 190 valence electrons. The van der Waals surface area contributed by atoms with Gasteiger partial charge < -0.3 is 28.5 Å². The quantitative estimate of drug-likeness (QED) is 0.105. The van der Waals surface area contributed by atoms with Crippen molar-refractivity contribution in [2.45, 2.75) is 18.2 Å². The summed E-state index contributed by atoms with van der Waals surface area (Å²) >= 11 is 5.32. The van der Waals surface area contributed by atoms with Crippen molar-refractivity contribution in [1.29, 1.82) is 0 Å². The summed E-state index contributed by atoms with van der Waals surface area (Å²) in [5, 5.41) is 0.983. The number of hydrazine groups is 1. The van der Waals surface area contributed by atoms with E-state index in [9.17, 15) is 24.0 Å². The Hall–Kier alpha value is -3.82. The van der Waals surface area contributed by atoms with Gasteiger partial charge in [0.1, 0.15) is 38.5 Å². The minimum absolute atomic E-state index is 0.106. The molecule has 0 aliphatic carbocycles. The highest BCUT2D eigenvalue weighted by Gasteiger charge is 2.66. The standard InChI is InChI=1S/C19H21ClN4O11/c1-3-5-30-18(28)34-16-10(8-32-17(27)22-21-11(25)7-20)14-12-13(15(26)24(12)16)23(9-33-14)35-19(29)31-6-4-2/h3-4,12-14H,1-2,5-9H2,(H,21,25)(H,22,27)/t12-,13-,14?/m0/s1. The van der Waals surface area contributed by atoms with Gasteiger partial charge in [-0.3, -0.25) is 19.9 Å². The third kappa shape index (κ3) is 5.64. The van der Waals surface area contributed by atoms with Gasteiger partial charge in [0.2, 0.25) is 5.88 Å². The number of amides is 3. The molecule has 35 heavy (non-hydrogen) atoms. The van der Waals surface area contributed by atoms with Gasteiger partial charge in [0, 0.05) is 0 Å². The van der Waals surface area contributed by atoms with E-state index in [-0.39, 0.29) is 31.4 Å². The number of ether oxygens (including phenoxy) is 5. The second-order valence-electron chi connectivity index (χ2n) is 6.88. The van der Waals surface area contributed by atoms with Crippen molar-refractivity contribution in [3.63, 3.8) is 0 Å². The zero-order valence-electron chi connectivity index (χ0n) is 18.1. The Morgan fingerprint density at radius 3 is 2.43 bits per heavy atom. The predicted molar refractivity (Wildman–Crippen MR) is 112 cm³/mol. The number of hydroxylamine groups is 2. The van der Waals surface area contributed by atoms with Crippen molar-refractivity contribution < 1.29 is 52.5 Å². The first-order valence-electron chi connectivity index (χ1n) is 9.95. The first-order chi connectivity index (χ1) is 16.8. The van der Waals surface area contributed by atoms with E-state index >= 15 is 0 Å². The van der Waals surface area contributed by atoms with E-state index in [1.54, 1.807) is 0 Å². The maximum absolute atomic E-state index is 12.9. The smallest absolute Gasteiger partial charge is 0.444 e. The van der Waals surface area contributed by atoms with Crippen LogP contribution in [0.1, 0.15) is 0 Å². The van der Waals surface area contributed by atoms with Gasteiger partial charge in [-0.2, -0.15) is 0 Å². The molecule has 15 nitrogen and oxygen atoms in total. The Morgan fingerprint density at radius 2 is 1.77 bits per heavy atom. The Labute approximate surface area is 203 Å². The highest BCUT2D eigenvalue weighted by molar-refractivity contribution is 6.27. The number of β-lactam (4-membered cyclic amide) rings is 1. The lowest BCUT2D eigenvalue weighted by Crippen LogP contribution is -2.74. The molecule has 2 fully saturated rings. The first kappa shape index (κ1) is 25.8. The Bertz CT molecular complexity index is 955. The highest BCUT2D eigenvalue weighted by Crippen LogP contribution is 2.45. The topological polar surface area (TPSA) is 171 Å². The molecule has 0 radical (unpaired) electrons. The molecule has 0 spiro atoms. The summed E-state index contributed by atoms with van der Waals surface area (Å²) in [6.45, 7) is 5.72. The molecule has 3 heterocycles. The van der Waals surface area contributed by atoms with Crippen molar-refractivity contribution >= 4 is 41.8 Å². The summed E-state index contributed by atoms with van der Waals surface area (Å²) < 4.78 is 25.5. The molecule has 16 heteroatoms. The summed E-state index contributed by atoms with van der Waals surface area (Å²) in [4.78, 5) is 65.9. The van der Waals surface area contributed by atoms with Gasteiger partial charge in [0.25, 0.3) is 11.8 Å². The van der Waals surface area contributed by atoms with Crippen LogP contribution in [0.15, 0.2) is 36.8 Å². The highest BCUT2D eigenvalue weighted by atomic mass is 35.5. The summed E-state index contributed by atoms with van der Waals surface area (Å²) in [7, 11) is 0. The van der Waals surface area contributed by atoms with Gasteiger partial charge in [0.15, 0.2) is 6.04 Å². The van der Waals surface area contributed by atoms with Crippen molar-refractivity contribution in [2.24, 2.45) is 0 Å². The van der Waals surface area contributed by atoms with Crippen LogP contribution in [0.5, 0.6) is 0 Å². The monoisotopic (exact) mass is 516 g/mol. The van der Waals surface area contributed by atoms with Crippen LogP contribution in [0.25, 0.3) is 0 Å². The molecule has 3 rings (SSSR count). The van der Waals surface area contributed by atoms with Crippen LogP contribution < -0.4 is 10.9 Å². The van der Waals surface area contributed by atoms with Gasteiger partial charge in [-0.15, -0.1) is 11.6 Å². The van der Waals surface area contributed by atoms with Crippen LogP contribution in [-0.4, -0.2) is 90.8 Å². The number of halogens is 1. The van der Waals surface area contributed by atoms with Crippen molar-refractivity contribution in [1.82, 2.24) is 20.8 Å². The molecule has 0 aromatic heterocycles. The Kier molecular flexibility index (Phi) is 8.51. The van der Waals surface area contributed by atoms with Crippen LogP contribution in [0.3, 0.4) is 0 Å². The lowest BCUT2D eigenvalue weighted by molar-refractivity contribution is -0.272. The second kappa shape index (κ2) is 11.5. The molecular formula is C19H21ClN4O11. The van der Waals surface area contributed by atoms with Crippen LogP contribution in [0.2, 0.25) is 0 Å². The van der Waals surface area contributed by atoms with E-state index in [2.05, 4.69) is 13.2 Å². The fraction of sp³-hybridized carbons (Fsp3) is 0.421. The van der Waals surface area contributed by atoms with Crippen LogP contribution in [0.4, 0.5) is 14.4 Å². The summed E-state index contributed by atoms with van der Waals surface area (Å²) in [6, 6.07) is -1.76. The lowest BCUT2D eigenvalue weighted by atomic mass is 9.90. The van der Waals surface area contributed by atoms with E-state index in [1.165, 1.54) is 12.2 Å². The van der Waals surface area contributed by atoms with Gasteiger partial charge in [0.05, 0.1) is 11.6 Å². The fourth-order valence-electron chi connectivity index (χ4n) is 3.40. The number of rotatable bonds is 9. The molecule has 3 aliphatic heterocycles. The average Bonchev–Trinajstić information content (AvgIpc) is 3.13. The molecule has 3 atom stereocenters. The van der Waals surface area contributed by atoms with Gasteiger partial charge in [-0.05, 0) is 0 Å². The second-order valence-corrected chi connectivity index (χ2v) is 7.15. The predicted octanol–water partition coefficient (Wildman–Crippen LogP) is 0.0389. The number of nitrogens with one attached hydrogen (secondary N) is 2. The number of carbonyl (C=O) groups is 5. The molecule has 3 amide bonds. The minimum atomic E-state index is -1.15. The van der Waals surface area contributed by atoms with Crippen LogP contribution in [-0.2, 0) is 38.1 Å². The zero-order valence-corrected chi connectivity index (χ0v) is 18.9. The van der Waals surface area contributed by atoms with Crippen molar-refractivity contribution in [3.05, 3.63) is 36.8 Å². The summed E-state index contributed by atoms with van der Waals surface area (Å²) in [5.74, 6) is -1.92. The van der Waals surface area contributed by atoms with Crippen molar-refractivity contribution in [3.8, 4) is 0 Å². The van der Waals surface area contributed by atoms with Crippen LogP contribution >= 0.6 is 11.6 Å². The third-order valence-electron chi connectivity index (χ3n) is 4.74. The van der Waals surface area contributed by atoms with Crippen molar-refractivity contribution in [2.75, 3.05) is 32.4 Å². The fourth-order valence-corrected chi connectivity index (χ4v) is 3.47. The number of hydrogen-bond acceptors (Lipinski definition) is 12. The SMILES string of the molecule is C=CCOC(=O)OC1=C(COC(=O)NNC(=O)CCl)C2OCN(OC(=O)OCC=C)[C@@H]3C(=O)N1[C@H]23. The van der Waals surface area contributed by atoms with E-state index < -0.39 is 60.9 Å². The van der Waals surface area contributed by atoms with Gasteiger partial charge in [-0.25, -0.2) is 19.8 Å². The average molecular weight is 517 g/mol. The molecule has 0 saturated carbocycles. The number of alkyl halides is 1. The van der Waals surface area contributed by atoms with E-state index in [1.807, 2.05) is 10.9 Å². The Balaban J connectivity index is 1.73. The number of nitrogens with zero attached hydrogens (tertiary/aromatic N) is 2.